The Bertz CT molecular complexity index is 924. The highest BCUT2D eigenvalue weighted by molar-refractivity contribution is 5.99. The van der Waals surface area contributed by atoms with Crippen LogP contribution in [0.1, 0.15) is 20.7 Å². The molecule has 3 aromatic carbocycles. The summed E-state index contributed by atoms with van der Waals surface area (Å²) in [6, 6.07) is 22.5. The van der Waals surface area contributed by atoms with Crippen LogP contribution < -0.4 is 20.3 Å². The maximum atomic E-state index is 12.3. The van der Waals surface area contributed by atoms with Gasteiger partial charge in [-0.25, -0.2) is 0 Å². The first kappa shape index (κ1) is 18.0. The van der Waals surface area contributed by atoms with Gasteiger partial charge in [0.2, 0.25) is 0 Å². The van der Waals surface area contributed by atoms with Gasteiger partial charge in [0.15, 0.2) is 0 Å². The Morgan fingerprint density at radius 1 is 0.667 bits per heavy atom. The molecule has 2 N–H and O–H groups in total. The van der Waals surface area contributed by atoms with Crippen molar-refractivity contribution in [2.24, 2.45) is 0 Å². The molecule has 0 saturated carbocycles. The highest BCUT2D eigenvalue weighted by Crippen LogP contribution is 2.21. The van der Waals surface area contributed by atoms with Crippen LogP contribution in [0.2, 0.25) is 0 Å². The molecule has 0 aliphatic rings. The number of ether oxygens (including phenoxy) is 2. The topological polar surface area (TPSA) is 76.7 Å². The quantitative estimate of drug-likeness (QED) is 0.681. The van der Waals surface area contributed by atoms with Crippen LogP contribution in [0.15, 0.2) is 78.9 Å². The van der Waals surface area contributed by atoms with Crippen LogP contribution >= 0.6 is 0 Å². The Labute approximate surface area is 156 Å². The molecule has 0 heterocycles. The molecule has 0 aromatic heterocycles. The normalized spacial score (nSPS) is 9.96. The summed E-state index contributed by atoms with van der Waals surface area (Å²) in [5.74, 6) is 0.960. The number of carbonyl (C=O) groups excluding carboxylic acids is 2. The lowest BCUT2D eigenvalue weighted by Crippen LogP contribution is -2.41. The van der Waals surface area contributed by atoms with E-state index in [0.717, 1.165) is 0 Å². The first-order valence-corrected chi connectivity index (χ1v) is 8.23. The average molecular weight is 362 g/mol. The van der Waals surface area contributed by atoms with Crippen molar-refractivity contribution in [3.8, 4) is 17.2 Å². The van der Waals surface area contributed by atoms with Gasteiger partial charge < -0.3 is 9.47 Å². The molecule has 0 atom stereocenters. The van der Waals surface area contributed by atoms with E-state index in [1.807, 2.05) is 30.3 Å². The third kappa shape index (κ3) is 4.85. The smallest absolute Gasteiger partial charge is 0.269 e. The third-order valence-corrected chi connectivity index (χ3v) is 3.72. The largest absolute Gasteiger partial charge is 0.497 e. The molecule has 27 heavy (non-hydrogen) atoms. The van der Waals surface area contributed by atoms with Gasteiger partial charge in [-0.1, -0.05) is 24.3 Å². The predicted octanol–water partition coefficient (Wildman–Crippen LogP) is 3.56. The molecule has 0 radical (unpaired) electrons. The van der Waals surface area contributed by atoms with Gasteiger partial charge in [-0.2, -0.15) is 0 Å². The lowest BCUT2D eigenvalue weighted by Gasteiger charge is -2.10. The number of hydrogen-bond donors (Lipinski definition) is 2. The third-order valence-electron chi connectivity index (χ3n) is 3.72. The van der Waals surface area contributed by atoms with E-state index < -0.39 is 11.8 Å². The molecule has 0 saturated heterocycles. The average Bonchev–Trinajstić information content (AvgIpc) is 2.72. The minimum Gasteiger partial charge on any atom is -0.497 e. The van der Waals surface area contributed by atoms with Gasteiger partial charge in [0.1, 0.15) is 17.2 Å². The van der Waals surface area contributed by atoms with Crippen LogP contribution in [0.3, 0.4) is 0 Å². The maximum Gasteiger partial charge on any atom is 0.269 e. The minimum absolute atomic E-state index is 0.360. The Balaban J connectivity index is 1.60. The van der Waals surface area contributed by atoms with Gasteiger partial charge in [-0.05, 0) is 54.6 Å². The number of hydrazine groups is 1. The number of benzene rings is 3. The SMILES string of the molecule is COc1ccc(C(=O)NNC(=O)c2cccc(Oc3ccccc3)c2)cc1. The van der Waals surface area contributed by atoms with Gasteiger partial charge in [0.25, 0.3) is 11.8 Å². The molecule has 6 nitrogen and oxygen atoms in total. The van der Waals surface area contributed by atoms with E-state index >= 15 is 0 Å². The number of carbonyl (C=O) groups is 2. The van der Waals surface area contributed by atoms with Crippen molar-refractivity contribution >= 4 is 11.8 Å². The molecule has 2 amide bonds. The molecular formula is C21H18N2O4. The monoisotopic (exact) mass is 362 g/mol. The number of methoxy groups -OCH3 is 1. The summed E-state index contributed by atoms with van der Waals surface area (Å²) >= 11 is 0. The molecule has 0 unspecified atom stereocenters. The van der Waals surface area contributed by atoms with Crippen LogP contribution in [0.5, 0.6) is 17.2 Å². The Morgan fingerprint density at radius 2 is 1.30 bits per heavy atom. The van der Waals surface area contributed by atoms with Gasteiger partial charge in [-0.3, -0.25) is 20.4 Å². The van der Waals surface area contributed by atoms with E-state index in [4.69, 9.17) is 9.47 Å². The van der Waals surface area contributed by atoms with Crippen LogP contribution in [0.4, 0.5) is 0 Å². The van der Waals surface area contributed by atoms with E-state index in [-0.39, 0.29) is 0 Å². The van der Waals surface area contributed by atoms with Crippen LogP contribution in [-0.2, 0) is 0 Å². The van der Waals surface area contributed by atoms with Gasteiger partial charge >= 0.3 is 0 Å². The van der Waals surface area contributed by atoms with E-state index in [1.54, 1.807) is 55.6 Å². The zero-order chi connectivity index (χ0) is 19.1. The van der Waals surface area contributed by atoms with Gasteiger partial charge in [0.05, 0.1) is 7.11 Å². The molecule has 0 fully saturated rings. The summed E-state index contributed by atoms with van der Waals surface area (Å²) < 4.78 is 10.8. The van der Waals surface area contributed by atoms with Crippen molar-refractivity contribution < 1.29 is 19.1 Å². The zero-order valence-corrected chi connectivity index (χ0v) is 14.6. The molecule has 3 rings (SSSR count). The second-order valence-electron chi connectivity index (χ2n) is 5.58. The van der Waals surface area contributed by atoms with E-state index in [0.29, 0.717) is 28.4 Å². The molecule has 0 aliphatic heterocycles. The van der Waals surface area contributed by atoms with Crippen molar-refractivity contribution in [3.63, 3.8) is 0 Å². The number of rotatable bonds is 5. The molecule has 3 aromatic rings. The standard InChI is InChI=1S/C21H18N2O4/c1-26-17-12-10-15(11-13-17)20(24)22-23-21(25)16-6-5-9-19(14-16)27-18-7-3-2-4-8-18/h2-14H,1H3,(H,22,24)(H,23,25). The number of amides is 2. The van der Waals surface area contributed by atoms with Gasteiger partial charge in [-0.15, -0.1) is 0 Å². The van der Waals surface area contributed by atoms with Crippen molar-refractivity contribution in [2.75, 3.05) is 7.11 Å². The summed E-state index contributed by atoms with van der Waals surface area (Å²) in [7, 11) is 1.55. The fourth-order valence-electron chi connectivity index (χ4n) is 2.33. The predicted molar refractivity (Wildman–Crippen MR) is 101 cm³/mol. The molecule has 136 valence electrons. The summed E-state index contributed by atoms with van der Waals surface area (Å²) in [5.41, 5.74) is 5.54. The van der Waals surface area contributed by atoms with Crippen LogP contribution in [-0.4, -0.2) is 18.9 Å². The van der Waals surface area contributed by atoms with Crippen LogP contribution in [0.25, 0.3) is 0 Å². The van der Waals surface area contributed by atoms with Crippen LogP contribution in [0, 0.1) is 0 Å². The minimum atomic E-state index is -0.449. The van der Waals surface area contributed by atoms with Crippen molar-refractivity contribution in [1.29, 1.82) is 0 Å². The van der Waals surface area contributed by atoms with E-state index in [2.05, 4.69) is 10.9 Å². The fraction of sp³-hybridized carbons (Fsp3) is 0.0476. The molecule has 0 spiro atoms. The number of nitrogens with one attached hydrogen (secondary N) is 2. The first-order chi connectivity index (χ1) is 13.2. The summed E-state index contributed by atoms with van der Waals surface area (Å²) in [6.45, 7) is 0. The number of hydrogen-bond acceptors (Lipinski definition) is 4. The number of para-hydroxylation sites is 1. The fourth-order valence-corrected chi connectivity index (χ4v) is 2.33. The lowest BCUT2D eigenvalue weighted by atomic mass is 10.2. The Morgan fingerprint density at radius 3 is 1.96 bits per heavy atom. The highest BCUT2D eigenvalue weighted by Gasteiger charge is 2.10. The summed E-state index contributed by atoms with van der Waals surface area (Å²) in [5, 5.41) is 0. The van der Waals surface area contributed by atoms with Crippen molar-refractivity contribution in [2.45, 2.75) is 0 Å². The van der Waals surface area contributed by atoms with E-state index in [1.165, 1.54) is 0 Å². The second kappa shape index (κ2) is 8.53. The molecule has 6 heteroatoms. The molecular weight excluding hydrogens is 344 g/mol. The highest BCUT2D eigenvalue weighted by atomic mass is 16.5. The van der Waals surface area contributed by atoms with Gasteiger partial charge in [0, 0.05) is 11.1 Å². The molecule has 0 aliphatic carbocycles. The molecule has 0 bridgehead atoms. The lowest BCUT2D eigenvalue weighted by molar-refractivity contribution is 0.0846. The first-order valence-electron chi connectivity index (χ1n) is 8.23. The summed E-state index contributed by atoms with van der Waals surface area (Å²) in [4.78, 5) is 24.4. The van der Waals surface area contributed by atoms with Crippen molar-refractivity contribution in [3.05, 3.63) is 90.0 Å². The van der Waals surface area contributed by atoms with E-state index in [9.17, 15) is 9.59 Å². The second-order valence-corrected chi connectivity index (χ2v) is 5.58. The van der Waals surface area contributed by atoms with Crippen molar-refractivity contribution in [1.82, 2.24) is 10.9 Å². The summed E-state index contributed by atoms with van der Waals surface area (Å²) in [6.07, 6.45) is 0. The maximum absolute atomic E-state index is 12.3. The Hall–Kier alpha value is -3.80. The zero-order valence-electron chi connectivity index (χ0n) is 14.6. The Kier molecular flexibility index (Phi) is 5.69.